The summed E-state index contributed by atoms with van der Waals surface area (Å²) in [4.78, 5) is 11.4. The number of carbonyl (C=O) groups is 1. The van der Waals surface area contributed by atoms with Crippen molar-refractivity contribution in [1.82, 2.24) is 4.72 Å². The van der Waals surface area contributed by atoms with E-state index >= 15 is 0 Å². The Morgan fingerprint density at radius 1 is 1.50 bits per heavy atom. The van der Waals surface area contributed by atoms with Crippen molar-refractivity contribution in [3.63, 3.8) is 0 Å². The van der Waals surface area contributed by atoms with Crippen LogP contribution in [0.1, 0.15) is 39.5 Å². The summed E-state index contributed by atoms with van der Waals surface area (Å²) in [6, 6.07) is 1.62. The van der Waals surface area contributed by atoms with Gasteiger partial charge in [-0.05, 0) is 38.5 Å². The number of hydrogen-bond donors (Lipinski definition) is 2. The highest BCUT2D eigenvalue weighted by Crippen LogP contribution is 2.33. The SMILES string of the molecule is CC1CCC(NS(=O)(=O)C(C)C#N)(C(=O)O)CC1. The molecule has 18 heavy (non-hydrogen) atoms. The van der Waals surface area contributed by atoms with Crippen LogP contribution in [0, 0.1) is 17.2 Å². The maximum atomic E-state index is 11.8. The maximum Gasteiger partial charge on any atom is 0.324 e. The van der Waals surface area contributed by atoms with Gasteiger partial charge in [-0.25, -0.2) is 8.42 Å². The van der Waals surface area contributed by atoms with Gasteiger partial charge in [-0.2, -0.15) is 9.98 Å². The molecule has 0 aromatic rings. The number of sulfonamides is 1. The number of nitriles is 1. The van der Waals surface area contributed by atoms with Crippen LogP contribution in [0.25, 0.3) is 0 Å². The highest BCUT2D eigenvalue weighted by molar-refractivity contribution is 7.90. The molecule has 0 heterocycles. The third-order valence-electron chi connectivity index (χ3n) is 3.52. The first-order valence-electron chi connectivity index (χ1n) is 5.89. The fourth-order valence-corrected chi connectivity index (χ4v) is 3.20. The van der Waals surface area contributed by atoms with E-state index in [9.17, 15) is 18.3 Å². The second kappa shape index (κ2) is 5.24. The summed E-state index contributed by atoms with van der Waals surface area (Å²) in [5.74, 6) is -0.765. The van der Waals surface area contributed by atoms with E-state index in [1.807, 2.05) is 6.92 Å². The molecular formula is C11H18N2O4S. The Kier molecular flexibility index (Phi) is 4.35. The molecule has 1 saturated carbocycles. The molecule has 7 heteroatoms. The third kappa shape index (κ3) is 3.00. The minimum Gasteiger partial charge on any atom is -0.480 e. The molecule has 0 radical (unpaired) electrons. The highest BCUT2D eigenvalue weighted by atomic mass is 32.2. The maximum absolute atomic E-state index is 11.8. The van der Waals surface area contributed by atoms with Crippen molar-refractivity contribution in [3.05, 3.63) is 0 Å². The highest BCUT2D eigenvalue weighted by Gasteiger charge is 2.45. The zero-order valence-corrected chi connectivity index (χ0v) is 11.3. The van der Waals surface area contributed by atoms with E-state index in [-0.39, 0.29) is 12.8 Å². The number of nitrogens with zero attached hydrogens (tertiary/aromatic N) is 1. The molecule has 2 N–H and O–H groups in total. The normalized spacial score (nSPS) is 30.4. The number of nitrogens with one attached hydrogen (secondary N) is 1. The van der Waals surface area contributed by atoms with Gasteiger partial charge in [0, 0.05) is 0 Å². The first kappa shape index (κ1) is 14.9. The molecular weight excluding hydrogens is 256 g/mol. The quantitative estimate of drug-likeness (QED) is 0.790. The van der Waals surface area contributed by atoms with Gasteiger partial charge in [-0.3, -0.25) is 4.79 Å². The Labute approximate surface area is 107 Å². The minimum absolute atomic E-state index is 0.265. The number of hydrogen-bond acceptors (Lipinski definition) is 4. The zero-order chi connectivity index (χ0) is 14.0. The molecule has 1 fully saturated rings. The summed E-state index contributed by atoms with van der Waals surface area (Å²) in [6.07, 6.45) is 1.85. The van der Waals surface area contributed by atoms with E-state index in [4.69, 9.17) is 5.26 Å². The van der Waals surface area contributed by atoms with Gasteiger partial charge < -0.3 is 5.11 Å². The Bertz CT molecular complexity index is 458. The van der Waals surface area contributed by atoms with E-state index in [0.29, 0.717) is 18.8 Å². The average molecular weight is 274 g/mol. The van der Waals surface area contributed by atoms with Crippen LogP contribution in [0.5, 0.6) is 0 Å². The summed E-state index contributed by atoms with van der Waals surface area (Å²) >= 11 is 0. The predicted molar refractivity (Wildman–Crippen MR) is 65.1 cm³/mol. The lowest BCUT2D eigenvalue weighted by Gasteiger charge is -2.36. The van der Waals surface area contributed by atoms with Crippen LogP contribution in [-0.4, -0.2) is 30.3 Å². The Morgan fingerprint density at radius 3 is 2.39 bits per heavy atom. The molecule has 0 saturated heterocycles. The molecule has 1 aliphatic carbocycles. The lowest BCUT2D eigenvalue weighted by Crippen LogP contribution is -2.57. The van der Waals surface area contributed by atoms with Crippen molar-refractivity contribution >= 4 is 16.0 Å². The second-order valence-corrected chi connectivity index (χ2v) is 6.99. The lowest BCUT2D eigenvalue weighted by atomic mass is 9.78. The summed E-state index contributed by atoms with van der Waals surface area (Å²) in [7, 11) is -3.92. The number of rotatable bonds is 4. The first-order chi connectivity index (χ1) is 8.23. The molecule has 102 valence electrons. The molecule has 0 aliphatic heterocycles. The monoisotopic (exact) mass is 274 g/mol. The standard InChI is InChI=1S/C11H18N2O4S/c1-8-3-5-11(6-4-8,10(14)15)13-18(16,17)9(2)7-12/h8-9,13H,3-6H2,1-2H3,(H,14,15). The van der Waals surface area contributed by atoms with E-state index in [2.05, 4.69) is 4.72 Å². The van der Waals surface area contributed by atoms with E-state index in [1.165, 1.54) is 6.92 Å². The zero-order valence-electron chi connectivity index (χ0n) is 10.5. The summed E-state index contributed by atoms with van der Waals surface area (Å²) in [6.45, 7) is 3.25. The molecule has 6 nitrogen and oxygen atoms in total. The molecule has 0 aromatic heterocycles. The van der Waals surface area contributed by atoms with Gasteiger partial charge in [0.15, 0.2) is 5.25 Å². The van der Waals surface area contributed by atoms with Crippen LogP contribution >= 0.6 is 0 Å². The molecule has 0 bridgehead atoms. The summed E-state index contributed by atoms with van der Waals surface area (Å²) in [5.41, 5.74) is -1.45. The average Bonchev–Trinajstić information content (AvgIpc) is 2.30. The van der Waals surface area contributed by atoms with Crippen molar-refractivity contribution in [1.29, 1.82) is 5.26 Å². The molecule has 0 aromatic carbocycles. The van der Waals surface area contributed by atoms with Gasteiger partial charge >= 0.3 is 5.97 Å². The van der Waals surface area contributed by atoms with Crippen LogP contribution in [0.2, 0.25) is 0 Å². The van der Waals surface area contributed by atoms with E-state index in [0.717, 1.165) is 0 Å². The Hall–Kier alpha value is -1.13. The van der Waals surface area contributed by atoms with Gasteiger partial charge in [0.1, 0.15) is 5.54 Å². The van der Waals surface area contributed by atoms with E-state index < -0.39 is 26.8 Å². The topological polar surface area (TPSA) is 107 Å². The van der Waals surface area contributed by atoms with Gasteiger partial charge in [0.25, 0.3) is 0 Å². The van der Waals surface area contributed by atoms with Gasteiger partial charge in [0.05, 0.1) is 6.07 Å². The van der Waals surface area contributed by atoms with Crippen molar-refractivity contribution in [2.45, 2.75) is 50.3 Å². The minimum atomic E-state index is -3.92. The van der Waals surface area contributed by atoms with Gasteiger partial charge in [-0.1, -0.05) is 6.92 Å². The van der Waals surface area contributed by atoms with Crippen LogP contribution in [0.15, 0.2) is 0 Å². The molecule has 1 atom stereocenters. The first-order valence-corrected chi connectivity index (χ1v) is 7.44. The van der Waals surface area contributed by atoms with Crippen LogP contribution in [0.3, 0.4) is 0 Å². The van der Waals surface area contributed by atoms with Gasteiger partial charge in [-0.15, -0.1) is 0 Å². The Balaban J connectivity index is 2.96. The van der Waals surface area contributed by atoms with Crippen molar-refractivity contribution < 1.29 is 18.3 Å². The summed E-state index contributed by atoms with van der Waals surface area (Å²) < 4.78 is 25.9. The molecule has 0 amide bonds. The number of aliphatic carboxylic acids is 1. The third-order valence-corrected chi connectivity index (χ3v) is 5.23. The number of carboxylic acid groups (broad SMARTS) is 1. The van der Waals surface area contributed by atoms with Crippen molar-refractivity contribution in [2.24, 2.45) is 5.92 Å². The molecule has 0 spiro atoms. The molecule has 1 rings (SSSR count). The van der Waals surface area contributed by atoms with E-state index in [1.54, 1.807) is 6.07 Å². The number of carboxylic acids is 1. The van der Waals surface area contributed by atoms with Crippen molar-refractivity contribution in [3.8, 4) is 6.07 Å². The molecule has 1 unspecified atom stereocenters. The summed E-state index contributed by atoms with van der Waals surface area (Å²) in [5, 5.41) is 16.7. The second-order valence-electron chi connectivity index (χ2n) is 4.99. The van der Waals surface area contributed by atoms with Crippen LogP contribution < -0.4 is 4.72 Å². The fourth-order valence-electron chi connectivity index (χ4n) is 2.04. The smallest absolute Gasteiger partial charge is 0.324 e. The Morgan fingerprint density at radius 2 is 2.00 bits per heavy atom. The largest absolute Gasteiger partial charge is 0.480 e. The predicted octanol–water partition coefficient (Wildman–Crippen LogP) is 0.851. The van der Waals surface area contributed by atoms with Gasteiger partial charge in [0.2, 0.25) is 10.0 Å². The lowest BCUT2D eigenvalue weighted by molar-refractivity contribution is -0.145. The van der Waals surface area contributed by atoms with Crippen molar-refractivity contribution in [2.75, 3.05) is 0 Å². The van der Waals surface area contributed by atoms with Crippen LogP contribution in [0.4, 0.5) is 0 Å². The fraction of sp³-hybridized carbons (Fsp3) is 0.818. The van der Waals surface area contributed by atoms with Crippen LogP contribution in [-0.2, 0) is 14.8 Å². The molecule has 1 aliphatic rings.